The van der Waals surface area contributed by atoms with Gasteiger partial charge in [-0.1, -0.05) is 6.07 Å². The van der Waals surface area contributed by atoms with E-state index in [0.717, 1.165) is 6.42 Å². The first-order valence-electron chi connectivity index (χ1n) is 6.92. The van der Waals surface area contributed by atoms with Crippen LogP contribution in [0.1, 0.15) is 22.3 Å². The molecule has 0 bridgehead atoms. The summed E-state index contributed by atoms with van der Waals surface area (Å²) in [5.74, 6) is -0.0351. The van der Waals surface area contributed by atoms with E-state index < -0.39 is 4.92 Å². The SMILES string of the molecule is Cc1c(C(=O)NC2C(N)C3CCOC32)cccc1[N+](=O)[O-]. The molecule has 3 rings (SSSR count). The van der Waals surface area contributed by atoms with E-state index in [1.54, 1.807) is 13.0 Å². The Kier molecular flexibility index (Phi) is 3.38. The van der Waals surface area contributed by atoms with Gasteiger partial charge in [0.1, 0.15) is 0 Å². The Hall–Kier alpha value is -1.99. The van der Waals surface area contributed by atoms with Crippen molar-refractivity contribution in [3.63, 3.8) is 0 Å². The van der Waals surface area contributed by atoms with Crippen LogP contribution in [0.25, 0.3) is 0 Å². The normalized spacial score (nSPS) is 30.4. The van der Waals surface area contributed by atoms with Crippen molar-refractivity contribution in [2.24, 2.45) is 11.7 Å². The molecular formula is C14H17N3O4. The van der Waals surface area contributed by atoms with Crippen LogP contribution in [0.2, 0.25) is 0 Å². The summed E-state index contributed by atoms with van der Waals surface area (Å²) in [6.07, 6.45) is 0.900. The van der Waals surface area contributed by atoms with E-state index in [-0.39, 0.29) is 29.8 Å². The largest absolute Gasteiger partial charge is 0.376 e. The molecule has 7 heteroatoms. The lowest BCUT2D eigenvalue weighted by molar-refractivity contribution is -0.385. The quantitative estimate of drug-likeness (QED) is 0.631. The van der Waals surface area contributed by atoms with Crippen LogP contribution in [0.3, 0.4) is 0 Å². The van der Waals surface area contributed by atoms with Crippen LogP contribution in [-0.4, -0.2) is 35.6 Å². The second-order valence-electron chi connectivity index (χ2n) is 5.57. The Morgan fingerprint density at radius 1 is 1.52 bits per heavy atom. The third-order valence-electron chi connectivity index (χ3n) is 4.49. The molecule has 7 nitrogen and oxygen atoms in total. The number of amides is 1. The van der Waals surface area contributed by atoms with E-state index in [2.05, 4.69) is 5.32 Å². The molecule has 3 N–H and O–H groups in total. The Balaban J connectivity index is 1.77. The van der Waals surface area contributed by atoms with Gasteiger partial charge in [0.05, 0.1) is 17.1 Å². The number of benzene rings is 1. The fourth-order valence-electron chi connectivity index (χ4n) is 3.22. The molecule has 1 saturated carbocycles. The molecule has 1 aromatic rings. The smallest absolute Gasteiger partial charge is 0.273 e. The molecule has 1 aliphatic heterocycles. The molecule has 0 spiro atoms. The van der Waals surface area contributed by atoms with Gasteiger partial charge < -0.3 is 15.8 Å². The summed E-state index contributed by atoms with van der Waals surface area (Å²) >= 11 is 0. The van der Waals surface area contributed by atoms with Crippen LogP contribution in [0.5, 0.6) is 0 Å². The van der Waals surface area contributed by atoms with Crippen molar-refractivity contribution >= 4 is 11.6 Å². The first kappa shape index (κ1) is 14.0. The zero-order valence-electron chi connectivity index (χ0n) is 11.6. The van der Waals surface area contributed by atoms with Crippen LogP contribution in [0, 0.1) is 23.0 Å². The summed E-state index contributed by atoms with van der Waals surface area (Å²) in [6.45, 7) is 2.24. The molecule has 1 aliphatic carbocycles. The predicted octanol–water partition coefficient (Wildman–Crippen LogP) is 0.748. The van der Waals surface area contributed by atoms with E-state index in [0.29, 0.717) is 23.7 Å². The van der Waals surface area contributed by atoms with Crippen LogP contribution in [-0.2, 0) is 4.74 Å². The van der Waals surface area contributed by atoms with Gasteiger partial charge in [-0.3, -0.25) is 14.9 Å². The number of hydrogen-bond acceptors (Lipinski definition) is 5. The first-order valence-corrected chi connectivity index (χ1v) is 6.92. The summed E-state index contributed by atoms with van der Waals surface area (Å²) in [5.41, 5.74) is 6.65. The zero-order chi connectivity index (χ0) is 15.1. The van der Waals surface area contributed by atoms with E-state index in [4.69, 9.17) is 10.5 Å². The minimum Gasteiger partial charge on any atom is -0.376 e. The number of rotatable bonds is 3. The number of hydrogen-bond donors (Lipinski definition) is 2. The van der Waals surface area contributed by atoms with Crippen molar-refractivity contribution in [1.29, 1.82) is 0 Å². The lowest BCUT2D eigenvalue weighted by Crippen LogP contribution is -2.69. The average molecular weight is 291 g/mol. The number of ether oxygens (including phenoxy) is 1. The van der Waals surface area contributed by atoms with Gasteiger partial charge in [-0.25, -0.2) is 0 Å². The monoisotopic (exact) mass is 291 g/mol. The number of nitrogens with one attached hydrogen (secondary N) is 1. The molecule has 1 saturated heterocycles. The van der Waals surface area contributed by atoms with E-state index in [1.807, 2.05) is 0 Å². The Labute approximate surface area is 121 Å². The van der Waals surface area contributed by atoms with Gasteiger partial charge in [0.2, 0.25) is 0 Å². The Morgan fingerprint density at radius 3 is 3.00 bits per heavy atom. The van der Waals surface area contributed by atoms with Gasteiger partial charge in [0.25, 0.3) is 11.6 Å². The van der Waals surface area contributed by atoms with Crippen LogP contribution >= 0.6 is 0 Å². The van der Waals surface area contributed by atoms with Gasteiger partial charge in [-0.2, -0.15) is 0 Å². The van der Waals surface area contributed by atoms with Crippen molar-refractivity contribution < 1.29 is 14.5 Å². The Bertz CT molecular complexity index is 604. The maximum absolute atomic E-state index is 12.3. The molecule has 4 atom stereocenters. The summed E-state index contributed by atoms with van der Waals surface area (Å²) in [7, 11) is 0. The number of fused-ring (bicyclic) bond motifs is 1. The molecule has 4 unspecified atom stereocenters. The highest BCUT2D eigenvalue weighted by molar-refractivity contribution is 5.97. The number of nitrogens with zero attached hydrogens (tertiary/aromatic N) is 1. The number of nitro groups is 1. The van der Waals surface area contributed by atoms with Crippen LogP contribution in [0.4, 0.5) is 5.69 Å². The maximum atomic E-state index is 12.3. The minimum absolute atomic E-state index is 0.0250. The third kappa shape index (κ3) is 2.18. The van der Waals surface area contributed by atoms with Crippen LogP contribution in [0.15, 0.2) is 18.2 Å². The summed E-state index contributed by atoms with van der Waals surface area (Å²) < 4.78 is 5.56. The molecule has 21 heavy (non-hydrogen) atoms. The minimum atomic E-state index is -0.489. The summed E-state index contributed by atoms with van der Waals surface area (Å²) in [6, 6.07) is 4.14. The highest BCUT2D eigenvalue weighted by atomic mass is 16.6. The van der Waals surface area contributed by atoms with Gasteiger partial charge in [0.15, 0.2) is 0 Å². The van der Waals surface area contributed by atoms with Gasteiger partial charge in [-0.05, 0) is 19.4 Å². The molecule has 2 aliphatic rings. The van der Waals surface area contributed by atoms with Crippen molar-refractivity contribution in [3.05, 3.63) is 39.4 Å². The van der Waals surface area contributed by atoms with Gasteiger partial charge >= 0.3 is 0 Å². The van der Waals surface area contributed by atoms with Gasteiger partial charge in [-0.15, -0.1) is 0 Å². The second-order valence-corrected chi connectivity index (χ2v) is 5.57. The van der Waals surface area contributed by atoms with Crippen molar-refractivity contribution in [3.8, 4) is 0 Å². The zero-order valence-corrected chi connectivity index (χ0v) is 11.6. The highest BCUT2D eigenvalue weighted by Gasteiger charge is 2.52. The molecule has 2 fully saturated rings. The second kappa shape index (κ2) is 5.09. The third-order valence-corrected chi connectivity index (χ3v) is 4.49. The maximum Gasteiger partial charge on any atom is 0.273 e. The molecule has 0 radical (unpaired) electrons. The highest BCUT2D eigenvalue weighted by Crippen LogP contribution is 2.38. The average Bonchev–Trinajstić information content (AvgIpc) is 2.89. The number of nitro benzene ring substituents is 1. The Morgan fingerprint density at radius 2 is 2.29 bits per heavy atom. The molecule has 1 aromatic carbocycles. The molecule has 112 valence electrons. The van der Waals surface area contributed by atoms with E-state index >= 15 is 0 Å². The molecule has 0 aromatic heterocycles. The van der Waals surface area contributed by atoms with Gasteiger partial charge in [0, 0.05) is 35.8 Å². The number of carbonyl (C=O) groups excluding carboxylic acids is 1. The standard InChI is InChI=1S/C14H17N3O4/c1-7-8(3-2-4-10(7)17(19)20)14(18)16-12-11(15)9-5-6-21-13(9)12/h2-4,9,11-13H,5-6,15H2,1H3,(H,16,18). The van der Waals surface area contributed by atoms with Crippen molar-refractivity contribution in [2.45, 2.75) is 31.5 Å². The number of carbonyl (C=O) groups is 1. The fourth-order valence-corrected chi connectivity index (χ4v) is 3.22. The first-order chi connectivity index (χ1) is 10.0. The fraction of sp³-hybridized carbons (Fsp3) is 0.500. The van der Waals surface area contributed by atoms with Crippen molar-refractivity contribution in [1.82, 2.24) is 5.32 Å². The predicted molar refractivity (Wildman–Crippen MR) is 74.9 cm³/mol. The summed E-state index contributed by atoms with van der Waals surface area (Å²) in [4.78, 5) is 22.8. The molecular weight excluding hydrogens is 274 g/mol. The van der Waals surface area contributed by atoms with E-state index in [9.17, 15) is 14.9 Å². The number of nitrogens with two attached hydrogens (primary N) is 1. The topological polar surface area (TPSA) is 107 Å². The van der Waals surface area contributed by atoms with E-state index in [1.165, 1.54) is 12.1 Å². The molecule has 1 amide bonds. The molecule has 1 heterocycles. The summed E-state index contributed by atoms with van der Waals surface area (Å²) in [5, 5.41) is 13.8. The lowest BCUT2D eigenvalue weighted by atomic mass is 9.72. The lowest BCUT2D eigenvalue weighted by Gasteiger charge is -2.45. The van der Waals surface area contributed by atoms with Crippen LogP contribution < -0.4 is 11.1 Å². The van der Waals surface area contributed by atoms with Crippen molar-refractivity contribution in [2.75, 3.05) is 6.61 Å².